The molecule has 0 spiro atoms. The second-order valence-corrected chi connectivity index (χ2v) is 24.5. The lowest BCUT2D eigenvalue weighted by molar-refractivity contribution is 1.06. The molecule has 16 aromatic rings. The van der Waals surface area contributed by atoms with Gasteiger partial charge in [0.2, 0.25) is 0 Å². The van der Waals surface area contributed by atoms with E-state index in [2.05, 4.69) is 240 Å². The van der Waals surface area contributed by atoms with Crippen molar-refractivity contribution in [2.24, 2.45) is 0 Å². The molecule has 0 radical (unpaired) electrons. The molecule has 0 saturated heterocycles. The fraction of sp³-hybridized carbons (Fsp3) is 0.0110. The highest BCUT2D eigenvalue weighted by Crippen LogP contribution is 2.45. The monoisotopic (exact) mass is 1260 g/mol. The van der Waals surface area contributed by atoms with Crippen LogP contribution in [0.3, 0.4) is 0 Å². The summed E-state index contributed by atoms with van der Waals surface area (Å²) in [6.45, 7) is 5.72. The molecular formula is C91H58N8. The van der Waals surface area contributed by atoms with Crippen molar-refractivity contribution in [1.29, 1.82) is 15.8 Å². The molecule has 3 aromatic heterocycles. The van der Waals surface area contributed by atoms with Crippen LogP contribution < -0.4 is 0 Å². The van der Waals surface area contributed by atoms with Crippen LogP contribution in [0.2, 0.25) is 0 Å². The fourth-order valence-corrected chi connectivity index (χ4v) is 13.7. The zero-order valence-electron chi connectivity index (χ0n) is 53.9. The molecule has 13 aromatic carbocycles. The van der Waals surface area contributed by atoms with Gasteiger partial charge in [0.05, 0.1) is 62.8 Å². The molecule has 0 fully saturated rings. The summed E-state index contributed by atoms with van der Waals surface area (Å²) in [7, 11) is 0. The Morgan fingerprint density at radius 2 is 0.657 bits per heavy atom. The Morgan fingerprint density at radius 3 is 1.01 bits per heavy atom. The standard InChI is InChI=1S/C91H58N8/c1-3-4-31-76(59(2)56-92)66-32-34-67(35-33-66)89-95-90(77-42-36-74(68-29-17-19-60(48-68)57-93)54-87(77)98-83-44-38-70(62-21-9-5-10-22-62)50-79(83)80-51-71(39-45-84(80)98)63-23-11-6-12-24-63)97-91(96-89)78-43-37-75(69-30-18-20-61(49-69)58-94)55-88(78)99-85-46-40-72(64-25-13-7-14-26-64)52-81(85)82-53-73(41-47-86(82)99)65-27-15-8-16-28-65/h3-55H,1H2,2H3/b31-4-,76-59-. The highest BCUT2D eigenvalue weighted by atomic mass is 15.1. The summed E-state index contributed by atoms with van der Waals surface area (Å²) < 4.78 is 4.67. The lowest BCUT2D eigenvalue weighted by Crippen LogP contribution is -2.06. The Hall–Kier alpha value is -13.8. The average molecular weight is 1260 g/mol. The molecule has 0 amide bonds. The van der Waals surface area contributed by atoms with Crippen molar-refractivity contribution in [3.63, 3.8) is 0 Å². The van der Waals surface area contributed by atoms with Crippen LogP contribution in [0.4, 0.5) is 0 Å². The van der Waals surface area contributed by atoms with E-state index in [-0.39, 0.29) is 0 Å². The Labute approximate surface area is 573 Å². The third kappa shape index (κ3) is 11.3. The van der Waals surface area contributed by atoms with Gasteiger partial charge in [-0.15, -0.1) is 0 Å². The van der Waals surface area contributed by atoms with Gasteiger partial charge in [-0.2, -0.15) is 15.8 Å². The van der Waals surface area contributed by atoms with Gasteiger partial charge >= 0.3 is 0 Å². The number of nitrogens with zero attached hydrogens (tertiary/aromatic N) is 8. The molecule has 0 aliphatic carbocycles. The van der Waals surface area contributed by atoms with E-state index in [1.54, 1.807) is 6.08 Å². The first-order valence-corrected chi connectivity index (χ1v) is 32.8. The fourth-order valence-electron chi connectivity index (χ4n) is 13.7. The van der Waals surface area contributed by atoms with Gasteiger partial charge in [0.1, 0.15) is 0 Å². The van der Waals surface area contributed by atoms with Crippen molar-refractivity contribution < 1.29 is 0 Å². The molecule has 3 heterocycles. The Morgan fingerprint density at radius 1 is 0.333 bits per heavy atom. The molecule has 99 heavy (non-hydrogen) atoms. The maximum Gasteiger partial charge on any atom is 0.166 e. The van der Waals surface area contributed by atoms with Crippen molar-refractivity contribution >= 4 is 49.2 Å². The van der Waals surface area contributed by atoms with Crippen LogP contribution in [-0.4, -0.2) is 24.1 Å². The summed E-state index contributed by atoms with van der Waals surface area (Å²) >= 11 is 0. The van der Waals surface area contributed by atoms with Crippen molar-refractivity contribution in [1.82, 2.24) is 24.1 Å². The van der Waals surface area contributed by atoms with Crippen molar-refractivity contribution in [2.75, 3.05) is 0 Å². The van der Waals surface area contributed by atoms with Gasteiger partial charge in [-0.25, -0.2) is 15.0 Å². The third-order valence-electron chi connectivity index (χ3n) is 18.6. The van der Waals surface area contributed by atoms with Crippen molar-refractivity contribution in [3.05, 3.63) is 350 Å². The summed E-state index contributed by atoms with van der Waals surface area (Å²) in [4.78, 5) is 16.9. The van der Waals surface area contributed by atoms with Crippen LogP contribution in [0.15, 0.2) is 334 Å². The zero-order chi connectivity index (χ0) is 66.9. The van der Waals surface area contributed by atoms with Gasteiger partial charge in [0, 0.05) is 43.8 Å². The molecule has 0 N–H and O–H groups in total. The lowest BCUT2D eigenvalue weighted by atomic mass is 9.98. The van der Waals surface area contributed by atoms with Crippen LogP contribution in [0.1, 0.15) is 23.6 Å². The molecule has 0 saturated carbocycles. The number of allylic oxidation sites excluding steroid dienone is 5. The summed E-state index contributed by atoms with van der Waals surface area (Å²) in [5, 5.41) is 35.0. The van der Waals surface area contributed by atoms with Gasteiger partial charge in [-0.05, 0) is 182 Å². The minimum absolute atomic E-state index is 0.414. The third-order valence-corrected chi connectivity index (χ3v) is 18.6. The topological polar surface area (TPSA) is 120 Å². The average Bonchev–Trinajstić information content (AvgIpc) is 1.60. The Bertz CT molecular complexity index is 5560. The molecule has 8 heteroatoms. The van der Waals surface area contributed by atoms with E-state index in [1.165, 1.54) is 0 Å². The molecule has 16 rings (SSSR count). The Balaban J connectivity index is 0.996. The molecule has 8 nitrogen and oxygen atoms in total. The van der Waals surface area contributed by atoms with Gasteiger partial charge < -0.3 is 9.13 Å². The summed E-state index contributed by atoms with van der Waals surface area (Å²) in [5.41, 5.74) is 23.3. The lowest BCUT2D eigenvalue weighted by Gasteiger charge is -2.18. The highest BCUT2D eigenvalue weighted by molar-refractivity contribution is 6.14. The second kappa shape index (κ2) is 25.8. The first-order chi connectivity index (χ1) is 48.8. The molecule has 0 bridgehead atoms. The maximum absolute atomic E-state index is 10.3. The van der Waals surface area contributed by atoms with Gasteiger partial charge in [0.25, 0.3) is 0 Å². The van der Waals surface area contributed by atoms with E-state index < -0.39 is 0 Å². The number of fused-ring (bicyclic) bond motifs is 6. The SMILES string of the molecule is C=C/C=C\C(=C(/C)C#N)c1ccc(-c2nc(-c3ccc(-c4cccc(C#N)c4)cc3-n3c4ccc(-c5ccccc5)cc4c4cc(-c5ccccc5)ccc43)nc(-c3ccc(-c4cccc(C#N)c4)cc3-n3c4ccc(-c5ccccc5)cc4c4cc(-c5ccccc5)ccc43)n2)cc1. The number of rotatable bonds is 14. The maximum atomic E-state index is 10.3. The summed E-state index contributed by atoms with van der Waals surface area (Å²) in [5.74, 6) is 1.25. The zero-order valence-corrected chi connectivity index (χ0v) is 53.9. The number of benzene rings is 13. The van der Waals surface area contributed by atoms with E-state index in [9.17, 15) is 15.8 Å². The largest absolute Gasteiger partial charge is 0.308 e. The van der Waals surface area contributed by atoms with Crippen LogP contribution in [0, 0.1) is 34.0 Å². The van der Waals surface area contributed by atoms with Crippen LogP contribution in [0.25, 0.3) is 161 Å². The molecule has 0 unspecified atom stereocenters. The van der Waals surface area contributed by atoms with E-state index in [0.717, 1.165) is 150 Å². The van der Waals surface area contributed by atoms with Crippen molar-refractivity contribution in [3.8, 4) is 131 Å². The van der Waals surface area contributed by atoms with Gasteiger partial charge in [-0.1, -0.05) is 231 Å². The number of nitriles is 3. The van der Waals surface area contributed by atoms with E-state index >= 15 is 0 Å². The quantitative estimate of drug-likeness (QED) is 0.0790. The van der Waals surface area contributed by atoms with E-state index in [0.29, 0.717) is 34.2 Å². The van der Waals surface area contributed by atoms with E-state index in [4.69, 9.17) is 15.0 Å². The number of hydrogen-bond acceptors (Lipinski definition) is 6. The smallest absolute Gasteiger partial charge is 0.166 e. The number of aromatic nitrogens is 5. The molecule has 0 aliphatic heterocycles. The van der Waals surface area contributed by atoms with Crippen LogP contribution >= 0.6 is 0 Å². The minimum atomic E-state index is 0.414. The molecule has 0 atom stereocenters. The first-order valence-electron chi connectivity index (χ1n) is 32.8. The second-order valence-electron chi connectivity index (χ2n) is 24.5. The minimum Gasteiger partial charge on any atom is -0.308 e. The van der Waals surface area contributed by atoms with Crippen molar-refractivity contribution in [2.45, 2.75) is 6.92 Å². The Kier molecular flexibility index (Phi) is 15.7. The summed E-state index contributed by atoms with van der Waals surface area (Å²) in [6, 6.07) is 112. The molecule has 462 valence electrons. The van der Waals surface area contributed by atoms with Crippen LogP contribution in [-0.2, 0) is 0 Å². The van der Waals surface area contributed by atoms with Gasteiger partial charge in [-0.3, -0.25) is 0 Å². The first kappa shape index (κ1) is 60.1. The van der Waals surface area contributed by atoms with Gasteiger partial charge in [0.15, 0.2) is 17.5 Å². The molecule has 0 aliphatic rings. The molecular weight excluding hydrogens is 1210 g/mol. The van der Waals surface area contributed by atoms with Crippen LogP contribution in [0.5, 0.6) is 0 Å². The predicted molar refractivity (Wildman–Crippen MR) is 404 cm³/mol. The number of hydrogen-bond donors (Lipinski definition) is 0. The summed E-state index contributed by atoms with van der Waals surface area (Å²) in [6.07, 6.45) is 5.44. The normalized spacial score (nSPS) is 11.6. The van der Waals surface area contributed by atoms with E-state index in [1.807, 2.05) is 116 Å². The predicted octanol–water partition coefficient (Wildman–Crippen LogP) is 22.9. The highest BCUT2D eigenvalue weighted by Gasteiger charge is 2.25.